The summed E-state index contributed by atoms with van der Waals surface area (Å²) in [6.07, 6.45) is 2.44. The first-order chi connectivity index (χ1) is 6.37. The van der Waals surface area contributed by atoms with Crippen molar-refractivity contribution in [3.63, 3.8) is 0 Å². The van der Waals surface area contributed by atoms with Crippen molar-refractivity contribution in [1.29, 1.82) is 0 Å². The van der Waals surface area contributed by atoms with Gasteiger partial charge in [0.15, 0.2) is 0 Å². The Morgan fingerprint density at radius 3 is 2.47 bits per heavy atom. The van der Waals surface area contributed by atoms with Crippen LogP contribution < -0.4 is 51.4 Å². The average Bonchev–Trinajstić information content (AvgIpc) is 2.30. The van der Waals surface area contributed by atoms with Crippen molar-refractivity contribution in [2.45, 2.75) is 6.54 Å². The fourth-order valence-corrected chi connectivity index (χ4v) is 1.28. The van der Waals surface area contributed by atoms with Gasteiger partial charge in [0.25, 0.3) is 0 Å². The minimum atomic E-state index is -4.74. The zero-order chi connectivity index (χ0) is 10.8. The fraction of sp³-hybridized carbons (Fsp3) is 0.571. The summed E-state index contributed by atoms with van der Waals surface area (Å²) in [4.78, 5) is 1.23. The van der Waals surface area contributed by atoms with Crippen LogP contribution in [0.5, 0.6) is 0 Å². The van der Waals surface area contributed by atoms with E-state index in [9.17, 15) is 12.9 Å². The van der Waals surface area contributed by atoms with Gasteiger partial charge >= 0.3 is 58.4 Å². The molecule has 1 aromatic rings. The molecule has 3 nitrogen and oxygen atoms in total. The normalized spacial score (nSPS) is 11.6. The van der Waals surface area contributed by atoms with Gasteiger partial charge in [-0.05, 0) is 13.5 Å². The van der Waals surface area contributed by atoms with E-state index in [2.05, 4.69) is 5.10 Å². The predicted octanol–water partition coefficient (Wildman–Crippen LogP) is -1.76. The van der Waals surface area contributed by atoms with Crippen LogP contribution in [0.25, 0.3) is 0 Å². The molecule has 0 aromatic carbocycles. The number of nitrogens with zero attached hydrogens (tertiary/aromatic N) is 3. The van der Waals surface area contributed by atoms with Gasteiger partial charge in [0.2, 0.25) is 0 Å². The topological polar surface area (TPSA) is 21.1 Å². The van der Waals surface area contributed by atoms with Crippen molar-refractivity contribution in [3.8, 4) is 0 Å². The molecule has 0 atom stereocenters. The van der Waals surface area contributed by atoms with Gasteiger partial charge in [0.1, 0.15) is 0 Å². The van der Waals surface area contributed by atoms with Gasteiger partial charge in [0, 0.05) is 25.4 Å². The molecule has 1 heterocycles. The van der Waals surface area contributed by atoms with E-state index >= 15 is 0 Å². The first-order valence-electron chi connectivity index (χ1n) is 4.24. The van der Waals surface area contributed by atoms with Gasteiger partial charge in [-0.25, -0.2) is 0 Å². The van der Waals surface area contributed by atoms with Crippen molar-refractivity contribution >= 4 is 6.98 Å². The maximum Gasteiger partial charge on any atom is 1.00 e. The minimum absolute atomic E-state index is 0. The maximum atomic E-state index is 12.0. The third-order valence-corrected chi connectivity index (χ3v) is 1.73. The summed E-state index contributed by atoms with van der Waals surface area (Å²) in [5, 5.41) is 3.88. The summed E-state index contributed by atoms with van der Waals surface area (Å²) >= 11 is 0. The molecular formula is C7H12BF3KN3. The van der Waals surface area contributed by atoms with Crippen LogP contribution >= 0.6 is 0 Å². The summed E-state index contributed by atoms with van der Waals surface area (Å²) in [5.74, 6) is 0. The Balaban J connectivity index is 0.00000196. The molecule has 0 spiro atoms. The van der Waals surface area contributed by atoms with Crippen LogP contribution in [0.4, 0.5) is 12.9 Å². The largest absolute Gasteiger partial charge is 1.00 e. The summed E-state index contributed by atoms with van der Waals surface area (Å²) in [6, 6.07) is 0. The maximum absolute atomic E-state index is 12.0. The number of hydrogen-bond acceptors (Lipinski definition) is 2. The molecule has 0 aliphatic rings. The molecule has 0 amide bonds. The molecule has 0 fully saturated rings. The van der Waals surface area contributed by atoms with E-state index in [0.717, 1.165) is 5.56 Å². The number of aromatic nitrogens is 2. The number of rotatable bonds is 4. The monoisotopic (exact) mass is 245 g/mol. The molecule has 1 rings (SSSR count). The molecule has 0 radical (unpaired) electrons. The van der Waals surface area contributed by atoms with E-state index < -0.39 is 13.4 Å². The molecule has 0 aliphatic carbocycles. The van der Waals surface area contributed by atoms with Crippen LogP contribution in [-0.2, 0) is 13.6 Å². The molecule has 1 aromatic heterocycles. The Hall–Kier alpha value is 0.661. The second kappa shape index (κ2) is 6.41. The molecule has 8 heteroatoms. The van der Waals surface area contributed by atoms with Gasteiger partial charge < -0.3 is 17.8 Å². The Labute approximate surface area is 129 Å². The van der Waals surface area contributed by atoms with Crippen molar-refractivity contribution in [3.05, 3.63) is 18.0 Å². The minimum Gasteiger partial charge on any atom is -0.448 e. The predicted molar refractivity (Wildman–Crippen MR) is 48.6 cm³/mol. The van der Waals surface area contributed by atoms with Crippen molar-refractivity contribution in [2.75, 3.05) is 13.5 Å². The molecule has 0 N–H and O–H groups in total. The Morgan fingerprint density at radius 1 is 1.47 bits per heavy atom. The van der Waals surface area contributed by atoms with Crippen LogP contribution in [0.1, 0.15) is 5.56 Å². The molecule has 0 saturated heterocycles. The van der Waals surface area contributed by atoms with E-state index in [1.807, 2.05) is 0 Å². The van der Waals surface area contributed by atoms with Crippen molar-refractivity contribution < 1.29 is 64.3 Å². The van der Waals surface area contributed by atoms with Crippen LogP contribution in [0.2, 0.25) is 0 Å². The van der Waals surface area contributed by atoms with Crippen LogP contribution in [0, 0.1) is 0 Å². The first-order valence-corrected chi connectivity index (χ1v) is 4.24. The average molecular weight is 245 g/mol. The zero-order valence-electron chi connectivity index (χ0n) is 9.12. The third-order valence-electron chi connectivity index (χ3n) is 1.73. The summed E-state index contributed by atoms with van der Waals surface area (Å²) in [7, 11) is 3.18. The van der Waals surface area contributed by atoms with E-state index in [0.29, 0.717) is 0 Å². The molecule has 0 saturated carbocycles. The Kier molecular flexibility index (Phi) is 6.69. The number of hydrogen-bond donors (Lipinski definition) is 0. The second-order valence-electron chi connectivity index (χ2n) is 3.43. The smallest absolute Gasteiger partial charge is 0.448 e. The van der Waals surface area contributed by atoms with E-state index in [1.165, 1.54) is 11.9 Å². The molecule has 0 bridgehead atoms. The molecule has 80 valence electrons. The first kappa shape index (κ1) is 15.7. The van der Waals surface area contributed by atoms with Crippen LogP contribution in [0.3, 0.4) is 0 Å². The van der Waals surface area contributed by atoms with E-state index in [1.54, 1.807) is 24.1 Å². The van der Waals surface area contributed by atoms with Gasteiger partial charge in [-0.3, -0.25) is 4.68 Å². The van der Waals surface area contributed by atoms with Crippen molar-refractivity contribution in [1.82, 2.24) is 14.7 Å². The van der Waals surface area contributed by atoms with Gasteiger partial charge in [-0.15, -0.1) is 0 Å². The summed E-state index contributed by atoms with van der Waals surface area (Å²) in [5.41, 5.74) is 0.787. The van der Waals surface area contributed by atoms with E-state index in [4.69, 9.17) is 0 Å². The molecule has 15 heavy (non-hydrogen) atoms. The van der Waals surface area contributed by atoms with E-state index in [-0.39, 0.29) is 57.9 Å². The SMILES string of the molecule is CN(Cc1cnn(C)c1)C[B-](F)(F)F.[K+]. The van der Waals surface area contributed by atoms with Gasteiger partial charge in [-0.2, -0.15) is 5.10 Å². The zero-order valence-corrected chi connectivity index (χ0v) is 12.2. The van der Waals surface area contributed by atoms with Crippen LogP contribution in [0.15, 0.2) is 12.4 Å². The number of halogens is 3. The summed E-state index contributed by atoms with van der Waals surface area (Å²) < 4.78 is 37.6. The Morgan fingerprint density at radius 2 is 2.07 bits per heavy atom. The quantitative estimate of drug-likeness (QED) is 0.586. The standard InChI is InChI=1S/C7H12BF3N3.K/c1-13(6-8(9,10)11)4-7-3-12-14(2)5-7;/h3,5H,4,6H2,1-2H3;/q-1;+1. The Bertz CT molecular complexity index is 302. The van der Waals surface area contributed by atoms with Gasteiger partial charge in [-0.1, -0.05) is 0 Å². The molecular weight excluding hydrogens is 233 g/mol. The third kappa shape index (κ3) is 6.75. The second-order valence-corrected chi connectivity index (χ2v) is 3.43. The van der Waals surface area contributed by atoms with Crippen LogP contribution in [-0.4, -0.2) is 35.1 Å². The molecule has 0 unspecified atom stereocenters. The van der Waals surface area contributed by atoms with Crippen molar-refractivity contribution in [2.24, 2.45) is 7.05 Å². The fourth-order valence-electron chi connectivity index (χ4n) is 1.28. The van der Waals surface area contributed by atoms with Gasteiger partial charge in [0.05, 0.1) is 6.20 Å². The molecule has 0 aliphatic heterocycles. The number of aryl methyl sites for hydroxylation is 1. The summed E-state index contributed by atoms with van der Waals surface area (Å²) in [6.45, 7) is -4.47.